The zero-order chi connectivity index (χ0) is 14.2. The van der Waals surface area contributed by atoms with Crippen LogP contribution < -0.4 is 10.2 Å². The second-order valence-corrected chi connectivity index (χ2v) is 5.31. The Morgan fingerprint density at radius 1 is 1.20 bits per heavy atom. The standard InChI is InChI=1S/C16H25FN2O/c1-20-12-9-18-13-14-15(17)7-6-8-16(14)19-10-4-2-3-5-11-19/h6-8,18H,2-5,9-13H2,1H3. The first-order valence-electron chi connectivity index (χ1n) is 7.55. The van der Waals surface area contributed by atoms with Crippen molar-refractivity contribution in [1.29, 1.82) is 0 Å². The fourth-order valence-corrected chi connectivity index (χ4v) is 2.72. The lowest BCUT2D eigenvalue weighted by Crippen LogP contribution is -2.27. The van der Waals surface area contributed by atoms with Gasteiger partial charge in [0.25, 0.3) is 0 Å². The molecule has 2 rings (SSSR count). The van der Waals surface area contributed by atoms with E-state index in [2.05, 4.69) is 10.2 Å². The SMILES string of the molecule is COCCNCc1c(F)cccc1N1CCCCCC1. The van der Waals surface area contributed by atoms with Gasteiger partial charge in [0.2, 0.25) is 0 Å². The van der Waals surface area contributed by atoms with Crippen LogP contribution in [-0.4, -0.2) is 33.4 Å². The third-order valence-electron chi connectivity index (χ3n) is 3.83. The van der Waals surface area contributed by atoms with Crippen LogP contribution in [0.15, 0.2) is 18.2 Å². The van der Waals surface area contributed by atoms with E-state index in [0.717, 1.165) is 30.9 Å². The van der Waals surface area contributed by atoms with Crippen LogP contribution in [0, 0.1) is 5.82 Å². The Kier molecular flexibility index (Phi) is 6.27. The summed E-state index contributed by atoms with van der Waals surface area (Å²) in [6.45, 7) is 4.02. The first kappa shape index (κ1) is 15.3. The van der Waals surface area contributed by atoms with E-state index in [1.165, 1.54) is 25.7 Å². The van der Waals surface area contributed by atoms with Crippen molar-refractivity contribution in [2.75, 3.05) is 38.3 Å². The van der Waals surface area contributed by atoms with Crippen LogP contribution in [0.3, 0.4) is 0 Å². The Morgan fingerprint density at radius 2 is 1.95 bits per heavy atom. The quantitative estimate of drug-likeness (QED) is 0.811. The normalized spacial score (nSPS) is 16.2. The largest absolute Gasteiger partial charge is 0.383 e. The molecule has 0 spiro atoms. The molecule has 3 nitrogen and oxygen atoms in total. The molecule has 0 bridgehead atoms. The minimum atomic E-state index is -0.114. The molecular weight excluding hydrogens is 255 g/mol. The second-order valence-electron chi connectivity index (χ2n) is 5.31. The molecule has 0 saturated carbocycles. The average Bonchev–Trinajstić information content (AvgIpc) is 2.74. The Bertz CT molecular complexity index is 403. The number of ether oxygens (including phenoxy) is 1. The lowest BCUT2D eigenvalue weighted by molar-refractivity contribution is 0.199. The molecule has 20 heavy (non-hydrogen) atoms. The van der Waals surface area contributed by atoms with E-state index in [9.17, 15) is 4.39 Å². The maximum absolute atomic E-state index is 14.1. The van der Waals surface area contributed by atoms with Gasteiger partial charge in [-0.3, -0.25) is 0 Å². The van der Waals surface area contributed by atoms with Gasteiger partial charge in [-0.2, -0.15) is 0 Å². The third kappa shape index (κ3) is 4.18. The summed E-state index contributed by atoms with van der Waals surface area (Å²) < 4.78 is 19.1. The Hall–Kier alpha value is -1.13. The number of halogens is 1. The summed E-state index contributed by atoms with van der Waals surface area (Å²) in [7, 11) is 1.67. The monoisotopic (exact) mass is 280 g/mol. The van der Waals surface area contributed by atoms with Gasteiger partial charge in [0, 0.05) is 44.5 Å². The number of nitrogens with zero attached hydrogens (tertiary/aromatic N) is 1. The van der Waals surface area contributed by atoms with Crippen molar-refractivity contribution in [2.45, 2.75) is 32.2 Å². The fourth-order valence-electron chi connectivity index (χ4n) is 2.72. The highest BCUT2D eigenvalue weighted by atomic mass is 19.1. The molecule has 1 fully saturated rings. The zero-order valence-electron chi connectivity index (χ0n) is 12.3. The molecule has 0 aliphatic carbocycles. The molecule has 0 amide bonds. The lowest BCUT2D eigenvalue weighted by atomic mass is 10.1. The van der Waals surface area contributed by atoms with Gasteiger partial charge in [-0.15, -0.1) is 0 Å². The highest BCUT2D eigenvalue weighted by Crippen LogP contribution is 2.25. The molecule has 1 saturated heterocycles. The predicted molar refractivity (Wildman–Crippen MR) is 80.7 cm³/mol. The molecule has 1 aromatic rings. The van der Waals surface area contributed by atoms with Crippen molar-refractivity contribution < 1.29 is 9.13 Å². The van der Waals surface area contributed by atoms with Crippen molar-refractivity contribution in [1.82, 2.24) is 5.32 Å². The maximum atomic E-state index is 14.1. The summed E-state index contributed by atoms with van der Waals surface area (Å²) in [5.41, 5.74) is 1.84. The minimum Gasteiger partial charge on any atom is -0.383 e. The van der Waals surface area contributed by atoms with Crippen LogP contribution in [0.1, 0.15) is 31.2 Å². The smallest absolute Gasteiger partial charge is 0.129 e. The molecule has 1 N–H and O–H groups in total. The summed E-state index contributed by atoms with van der Waals surface area (Å²) in [6.07, 6.45) is 4.97. The van der Waals surface area contributed by atoms with Crippen LogP contribution >= 0.6 is 0 Å². The summed E-state index contributed by atoms with van der Waals surface area (Å²) >= 11 is 0. The summed E-state index contributed by atoms with van der Waals surface area (Å²) in [4.78, 5) is 2.34. The van der Waals surface area contributed by atoms with E-state index in [-0.39, 0.29) is 5.82 Å². The topological polar surface area (TPSA) is 24.5 Å². The molecule has 1 aliphatic rings. The van der Waals surface area contributed by atoms with E-state index < -0.39 is 0 Å². The molecular formula is C16H25FN2O. The highest BCUT2D eigenvalue weighted by Gasteiger charge is 2.15. The zero-order valence-corrected chi connectivity index (χ0v) is 12.3. The second kappa shape index (κ2) is 8.22. The Morgan fingerprint density at radius 3 is 2.65 bits per heavy atom. The van der Waals surface area contributed by atoms with E-state index >= 15 is 0 Å². The number of nitrogens with one attached hydrogen (secondary N) is 1. The number of hydrogen-bond acceptors (Lipinski definition) is 3. The van der Waals surface area contributed by atoms with Gasteiger partial charge in [0.1, 0.15) is 5.82 Å². The van der Waals surface area contributed by atoms with Crippen molar-refractivity contribution in [3.05, 3.63) is 29.6 Å². The molecule has 1 heterocycles. The van der Waals surface area contributed by atoms with Gasteiger partial charge in [0.15, 0.2) is 0 Å². The molecule has 1 aromatic carbocycles. The van der Waals surface area contributed by atoms with Crippen LogP contribution in [-0.2, 0) is 11.3 Å². The maximum Gasteiger partial charge on any atom is 0.129 e. The van der Waals surface area contributed by atoms with Crippen LogP contribution in [0.2, 0.25) is 0 Å². The first-order valence-corrected chi connectivity index (χ1v) is 7.55. The van der Waals surface area contributed by atoms with Gasteiger partial charge < -0.3 is 15.0 Å². The Labute approximate surface area is 121 Å². The molecule has 0 aromatic heterocycles. The molecule has 112 valence electrons. The Balaban J connectivity index is 2.08. The van der Waals surface area contributed by atoms with E-state index in [1.54, 1.807) is 13.2 Å². The number of hydrogen-bond donors (Lipinski definition) is 1. The summed E-state index contributed by atoms with van der Waals surface area (Å²) in [5, 5.41) is 3.25. The van der Waals surface area contributed by atoms with E-state index in [1.807, 2.05) is 12.1 Å². The van der Waals surface area contributed by atoms with Crippen molar-refractivity contribution >= 4 is 5.69 Å². The van der Waals surface area contributed by atoms with Crippen molar-refractivity contribution in [2.24, 2.45) is 0 Å². The van der Waals surface area contributed by atoms with Gasteiger partial charge in [-0.05, 0) is 25.0 Å². The lowest BCUT2D eigenvalue weighted by Gasteiger charge is -2.26. The molecule has 0 unspecified atom stereocenters. The van der Waals surface area contributed by atoms with Crippen molar-refractivity contribution in [3.63, 3.8) is 0 Å². The molecule has 0 radical (unpaired) electrons. The van der Waals surface area contributed by atoms with Gasteiger partial charge in [0.05, 0.1) is 6.61 Å². The molecule has 1 aliphatic heterocycles. The van der Waals surface area contributed by atoms with Crippen molar-refractivity contribution in [3.8, 4) is 0 Å². The van der Waals surface area contributed by atoms with Gasteiger partial charge in [-0.25, -0.2) is 4.39 Å². The minimum absolute atomic E-state index is 0.114. The van der Waals surface area contributed by atoms with Crippen LogP contribution in [0.4, 0.5) is 10.1 Å². The van der Waals surface area contributed by atoms with E-state index in [4.69, 9.17) is 4.74 Å². The number of benzene rings is 1. The number of methoxy groups -OCH3 is 1. The van der Waals surface area contributed by atoms with Gasteiger partial charge >= 0.3 is 0 Å². The first-order chi connectivity index (χ1) is 9.83. The summed E-state index contributed by atoms with van der Waals surface area (Å²) in [6, 6.07) is 5.41. The summed E-state index contributed by atoms with van der Waals surface area (Å²) in [5.74, 6) is -0.114. The molecule has 0 atom stereocenters. The third-order valence-corrected chi connectivity index (χ3v) is 3.83. The highest BCUT2D eigenvalue weighted by molar-refractivity contribution is 5.54. The number of rotatable bonds is 6. The number of anilines is 1. The van der Waals surface area contributed by atoms with Gasteiger partial charge in [-0.1, -0.05) is 18.9 Å². The fraction of sp³-hybridized carbons (Fsp3) is 0.625. The van der Waals surface area contributed by atoms with Crippen LogP contribution in [0.5, 0.6) is 0 Å². The molecule has 4 heteroatoms. The average molecular weight is 280 g/mol. The predicted octanol–water partition coefficient (Wildman–Crippen LogP) is 2.94. The van der Waals surface area contributed by atoms with Crippen LogP contribution in [0.25, 0.3) is 0 Å². The van der Waals surface area contributed by atoms with E-state index in [0.29, 0.717) is 13.2 Å².